The van der Waals surface area contributed by atoms with E-state index in [1.807, 2.05) is 18.4 Å². The van der Waals surface area contributed by atoms with E-state index in [0.29, 0.717) is 42.0 Å². The highest BCUT2D eigenvalue weighted by atomic mass is 35.5. The zero-order chi connectivity index (χ0) is 16.7. The average Bonchev–Trinajstić information content (AvgIpc) is 3.00. The summed E-state index contributed by atoms with van der Waals surface area (Å²) in [5.74, 6) is 0.562. The monoisotopic (exact) mass is 354 g/mol. The van der Waals surface area contributed by atoms with Crippen molar-refractivity contribution in [1.29, 1.82) is 0 Å². The second-order valence-corrected chi connectivity index (χ2v) is 6.00. The van der Waals surface area contributed by atoms with Gasteiger partial charge in [0.15, 0.2) is 5.13 Å². The second-order valence-electron chi connectivity index (χ2n) is 4.74. The Kier molecular flexibility index (Phi) is 6.83. The minimum absolute atomic E-state index is 0.0571. The fourth-order valence-corrected chi connectivity index (χ4v) is 2.94. The molecule has 2 rings (SSSR count). The Morgan fingerprint density at radius 3 is 2.96 bits per heavy atom. The molecule has 0 radical (unpaired) electrons. The minimum Gasteiger partial charge on any atom is -0.495 e. The van der Waals surface area contributed by atoms with Crippen LogP contribution in [-0.4, -0.2) is 31.2 Å². The van der Waals surface area contributed by atoms with E-state index in [1.54, 1.807) is 19.2 Å². The van der Waals surface area contributed by atoms with E-state index in [1.165, 1.54) is 11.3 Å². The molecule has 23 heavy (non-hydrogen) atoms. The highest BCUT2D eigenvalue weighted by Gasteiger charge is 2.10. The number of benzene rings is 1. The Bertz CT molecular complexity index is 661. The van der Waals surface area contributed by atoms with Crippen LogP contribution >= 0.6 is 22.9 Å². The number of hydrogen-bond donors (Lipinski definition) is 1. The summed E-state index contributed by atoms with van der Waals surface area (Å²) in [7, 11) is 1.57. The Labute approximate surface area is 144 Å². The van der Waals surface area contributed by atoms with Crippen LogP contribution in [0.5, 0.6) is 5.75 Å². The van der Waals surface area contributed by atoms with Gasteiger partial charge in [0.05, 0.1) is 17.8 Å². The molecule has 0 aliphatic heterocycles. The predicted molar refractivity (Wildman–Crippen MR) is 93.5 cm³/mol. The van der Waals surface area contributed by atoms with Gasteiger partial charge in [-0.25, -0.2) is 4.98 Å². The molecular formula is C16H19ClN2O3S. The van der Waals surface area contributed by atoms with Crippen LogP contribution in [0.4, 0.5) is 5.13 Å². The molecule has 1 N–H and O–H groups in total. The third-order valence-electron chi connectivity index (χ3n) is 3.09. The van der Waals surface area contributed by atoms with Crippen molar-refractivity contribution in [2.75, 3.05) is 25.6 Å². The molecule has 0 unspecified atom stereocenters. The molecule has 2 aromatic rings. The summed E-state index contributed by atoms with van der Waals surface area (Å²) in [6.07, 6.45) is 1.12. The van der Waals surface area contributed by atoms with Crippen LogP contribution in [0.1, 0.15) is 19.8 Å². The number of nitrogens with one attached hydrogen (secondary N) is 1. The summed E-state index contributed by atoms with van der Waals surface area (Å²) in [5, 5.41) is 5.79. The zero-order valence-electron chi connectivity index (χ0n) is 13.1. The second kappa shape index (κ2) is 8.86. The standard InChI is InChI=1S/C16H19ClN2O3S/c1-3-22-8-4-5-15(20)19-16-18-13(10-23-16)11-6-7-14(21-2)12(17)9-11/h6-7,9-10H,3-5,8H2,1-2H3,(H,18,19,20). The maximum Gasteiger partial charge on any atom is 0.226 e. The first-order valence-electron chi connectivity index (χ1n) is 7.31. The lowest BCUT2D eigenvalue weighted by molar-refractivity contribution is -0.116. The number of carbonyl (C=O) groups excluding carboxylic acids is 1. The molecule has 0 bridgehead atoms. The molecule has 0 fully saturated rings. The summed E-state index contributed by atoms with van der Waals surface area (Å²) < 4.78 is 10.3. The molecule has 0 aliphatic rings. The lowest BCUT2D eigenvalue weighted by atomic mass is 10.2. The van der Waals surface area contributed by atoms with Gasteiger partial charge in [-0.3, -0.25) is 4.79 Å². The summed E-state index contributed by atoms with van der Waals surface area (Å²) in [5.41, 5.74) is 1.65. The predicted octanol–water partition coefficient (Wildman–Crippen LogP) is 4.23. The fourth-order valence-electron chi connectivity index (χ4n) is 1.95. The van der Waals surface area contributed by atoms with Crippen LogP contribution < -0.4 is 10.1 Å². The summed E-state index contributed by atoms with van der Waals surface area (Å²) in [4.78, 5) is 16.2. The molecule has 0 saturated heterocycles. The highest BCUT2D eigenvalue weighted by molar-refractivity contribution is 7.14. The van der Waals surface area contributed by atoms with Gasteiger partial charge < -0.3 is 14.8 Å². The molecule has 124 valence electrons. The molecule has 1 aromatic heterocycles. The van der Waals surface area contributed by atoms with E-state index in [0.717, 1.165) is 11.3 Å². The topological polar surface area (TPSA) is 60.5 Å². The lowest BCUT2D eigenvalue weighted by Gasteiger charge is -2.04. The van der Waals surface area contributed by atoms with E-state index < -0.39 is 0 Å². The Morgan fingerprint density at radius 2 is 2.26 bits per heavy atom. The van der Waals surface area contributed by atoms with Crippen LogP contribution in [0.3, 0.4) is 0 Å². The van der Waals surface area contributed by atoms with Crippen molar-refractivity contribution in [3.05, 3.63) is 28.6 Å². The smallest absolute Gasteiger partial charge is 0.226 e. The van der Waals surface area contributed by atoms with E-state index in [-0.39, 0.29) is 5.91 Å². The van der Waals surface area contributed by atoms with Crippen LogP contribution in [0, 0.1) is 0 Å². The van der Waals surface area contributed by atoms with Gasteiger partial charge in [-0.2, -0.15) is 0 Å². The van der Waals surface area contributed by atoms with Gasteiger partial charge in [0.25, 0.3) is 0 Å². The number of rotatable bonds is 8. The number of amides is 1. The molecule has 5 nitrogen and oxygen atoms in total. The molecule has 0 saturated carbocycles. The molecule has 1 amide bonds. The third kappa shape index (κ3) is 5.20. The van der Waals surface area contributed by atoms with E-state index >= 15 is 0 Å². The molecule has 0 aliphatic carbocycles. The summed E-state index contributed by atoms with van der Waals surface area (Å²) in [6, 6.07) is 5.47. The quantitative estimate of drug-likeness (QED) is 0.721. The number of nitrogens with zero attached hydrogens (tertiary/aromatic N) is 1. The van der Waals surface area contributed by atoms with Gasteiger partial charge in [-0.1, -0.05) is 11.6 Å². The van der Waals surface area contributed by atoms with Crippen LogP contribution in [0.15, 0.2) is 23.6 Å². The van der Waals surface area contributed by atoms with Crippen molar-refractivity contribution in [2.45, 2.75) is 19.8 Å². The third-order valence-corrected chi connectivity index (χ3v) is 4.15. The number of methoxy groups -OCH3 is 1. The number of hydrogen-bond acceptors (Lipinski definition) is 5. The van der Waals surface area contributed by atoms with Crippen LogP contribution in [-0.2, 0) is 9.53 Å². The van der Waals surface area contributed by atoms with E-state index in [4.69, 9.17) is 21.1 Å². The molecule has 0 atom stereocenters. The number of aromatic nitrogens is 1. The van der Waals surface area contributed by atoms with Gasteiger partial charge in [0.2, 0.25) is 5.91 Å². The van der Waals surface area contributed by atoms with Crippen LogP contribution in [0.25, 0.3) is 11.3 Å². The SMILES string of the molecule is CCOCCCC(=O)Nc1nc(-c2ccc(OC)c(Cl)c2)cs1. The highest BCUT2D eigenvalue weighted by Crippen LogP contribution is 2.31. The maximum atomic E-state index is 11.8. The first-order valence-corrected chi connectivity index (χ1v) is 8.56. The van der Waals surface area contributed by atoms with Crippen molar-refractivity contribution >= 4 is 34.0 Å². The number of ether oxygens (including phenoxy) is 2. The lowest BCUT2D eigenvalue weighted by Crippen LogP contribution is -2.12. The van der Waals surface area contributed by atoms with Crippen molar-refractivity contribution in [3.63, 3.8) is 0 Å². The van der Waals surface area contributed by atoms with Crippen molar-refractivity contribution in [3.8, 4) is 17.0 Å². The van der Waals surface area contributed by atoms with Crippen LogP contribution in [0.2, 0.25) is 5.02 Å². The fraction of sp³-hybridized carbons (Fsp3) is 0.375. The molecule has 0 spiro atoms. The maximum absolute atomic E-state index is 11.8. The Balaban J connectivity index is 1.95. The molecule has 7 heteroatoms. The number of thiazole rings is 1. The zero-order valence-corrected chi connectivity index (χ0v) is 14.7. The largest absolute Gasteiger partial charge is 0.495 e. The van der Waals surface area contributed by atoms with E-state index in [2.05, 4.69) is 10.3 Å². The van der Waals surface area contributed by atoms with Crippen molar-refractivity contribution in [2.24, 2.45) is 0 Å². The van der Waals surface area contributed by atoms with Gasteiger partial charge in [-0.15, -0.1) is 11.3 Å². The first-order chi connectivity index (χ1) is 11.1. The Morgan fingerprint density at radius 1 is 1.43 bits per heavy atom. The summed E-state index contributed by atoms with van der Waals surface area (Å²) >= 11 is 7.51. The molecule has 1 heterocycles. The van der Waals surface area contributed by atoms with Gasteiger partial charge in [-0.05, 0) is 31.5 Å². The normalized spacial score (nSPS) is 10.6. The first kappa shape index (κ1) is 17.7. The van der Waals surface area contributed by atoms with Crippen molar-refractivity contribution in [1.82, 2.24) is 4.98 Å². The van der Waals surface area contributed by atoms with Gasteiger partial charge in [0, 0.05) is 30.6 Å². The number of halogens is 1. The Hall–Kier alpha value is -1.63. The van der Waals surface area contributed by atoms with Gasteiger partial charge >= 0.3 is 0 Å². The number of anilines is 1. The average molecular weight is 355 g/mol. The molecule has 1 aromatic carbocycles. The summed E-state index contributed by atoms with van der Waals surface area (Å²) in [6.45, 7) is 3.20. The molecular weight excluding hydrogens is 336 g/mol. The van der Waals surface area contributed by atoms with Gasteiger partial charge in [0.1, 0.15) is 5.75 Å². The van der Waals surface area contributed by atoms with Crippen molar-refractivity contribution < 1.29 is 14.3 Å². The number of carbonyl (C=O) groups is 1. The van der Waals surface area contributed by atoms with E-state index in [9.17, 15) is 4.79 Å². The minimum atomic E-state index is -0.0571.